The molecule has 5 aliphatic carbocycles. The van der Waals surface area contributed by atoms with E-state index in [0.717, 1.165) is 37.0 Å². The predicted octanol–water partition coefficient (Wildman–Crippen LogP) is 1.92. The van der Waals surface area contributed by atoms with Crippen LogP contribution < -0.4 is 0 Å². The molecule has 5 rings (SSSR count). The zero-order valence-corrected chi connectivity index (χ0v) is 9.45. The van der Waals surface area contributed by atoms with Gasteiger partial charge in [-0.15, -0.1) is 0 Å². The number of ether oxygens (including phenoxy) is 1. The summed E-state index contributed by atoms with van der Waals surface area (Å²) in [5, 5.41) is 10.3. The van der Waals surface area contributed by atoms with Crippen molar-refractivity contribution in [2.75, 3.05) is 0 Å². The molecule has 3 unspecified atom stereocenters. The molecule has 5 aliphatic rings. The zero-order valence-electron chi connectivity index (χ0n) is 9.45. The van der Waals surface area contributed by atoms with Crippen LogP contribution in [0.3, 0.4) is 0 Å². The second kappa shape index (κ2) is 2.98. The molecule has 3 heteroatoms. The van der Waals surface area contributed by atoms with Crippen LogP contribution in [0.4, 0.5) is 0 Å². The Morgan fingerprint density at radius 2 is 2.31 bits per heavy atom. The lowest BCUT2D eigenvalue weighted by molar-refractivity contribution is -0.139. The van der Waals surface area contributed by atoms with Crippen LogP contribution in [0, 0.1) is 11.8 Å². The molecule has 4 bridgehead atoms. The van der Waals surface area contributed by atoms with Gasteiger partial charge in [0.15, 0.2) is 0 Å². The first kappa shape index (κ1) is 10.1. The summed E-state index contributed by atoms with van der Waals surface area (Å²) in [5.74, 6) is 1.33. The molecule has 3 atom stereocenters. The van der Waals surface area contributed by atoms with Crippen LogP contribution in [0.1, 0.15) is 32.6 Å². The third-order valence-electron chi connectivity index (χ3n) is 4.08. The van der Waals surface area contributed by atoms with E-state index in [-0.39, 0.29) is 5.97 Å². The van der Waals surface area contributed by atoms with Gasteiger partial charge < -0.3 is 9.84 Å². The van der Waals surface area contributed by atoms with Crippen LogP contribution in [-0.2, 0) is 9.53 Å². The molecule has 3 nitrogen and oxygen atoms in total. The monoisotopic (exact) mass is 220 g/mol. The fourth-order valence-corrected chi connectivity index (χ4v) is 3.54. The highest BCUT2D eigenvalue weighted by Crippen LogP contribution is 2.61. The second-order valence-electron chi connectivity index (χ2n) is 5.45. The highest BCUT2D eigenvalue weighted by Gasteiger charge is 2.58. The number of allylic oxidation sites excluding steroid dienone is 1. The molecule has 0 aromatic rings. The first-order valence-electron chi connectivity index (χ1n) is 5.83. The summed E-state index contributed by atoms with van der Waals surface area (Å²) in [5.41, 5.74) is 0.774. The predicted molar refractivity (Wildman–Crippen MR) is 58.3 cm³/mol. The van der Waals surface area contributed by atoms with E-state index in [1.165, 1.54) is 0 Å². The van der Waals surface area contributed by atoms with Gasteiger partial charge in [-0.05, 0) is 38.0 Å². The van der Waals surface area contributed by atoms with Gasteiger partial charge in [-0.25, -0.2) is 4.79 Å². The summed E-state index contributed by atoms with van der Waals surface area (Å²) in [7, 11) is 0. The molecule has 1 N–H and O–H groups in total. The average molecular weight is 220 g/mol. The molecule has 0 heterocycles. The summed E-state index contributed by atoms with van der Waals surface area (Å²) in [6, 6.07) is 0. The van der Waals surface area contributed by atoms with Crippen LogP contribution in [0.15, 0.2) is 23.5 Å². The first-order chi connectivity index (χ1) is 7.49. The number of hydrogen-bond donors (Lipinski definition) is 1. The zero-order chi connectivity index (χ0) is 11.5. The van der Waals surface area contributed by atoms with E-state index in [1.54, 1.807) is 6.92 Å². The molecule has 16 heavy (non-hydrogen) atoms. The third kappa shape index (κ3) is 1.21. The second-order valence-corrected chi connectivity index (χ2v) is 5.45. The van der Waals surface area contributed by atoms with Gasteiger partial charge in [0.2, 0.25) is 0 Å². The van der Waals surface area contributed by atoms with Crippen LogP contribution in [0.2, 0.25) is 0 Å². The lowest BCUT2D eigenvalue weighted by atomic mass is 9.50. The Kier molecular flexibility index (Phi) is 1.88. The van der Waals surface area contributed by atoms with Crippen molar-refractivity contribution >= 4 is 5.97 Å². The van der Waals surface area contributed by atoms with Gasteiger partial charge >= 0.3 is 5.97 Å². The summed E-state index contributed by atoms with van der Waals surface area (Å²) < 4.78 is 5.33. The molecule has 3 saturated carbocycles. The van der Waals surface area contributed by atoms with Gasteiger partial charge in [0, 0.05) is 17.6 Å². The van der Waals surface area contributed by atoms with Crippen molar-refractivity contribution in [3.05, 3.63) is 23.5 Å². The SMILES string of the molecule is C=C(C)C(=O)OC1=C2C3CC(C1)CC2(O)C3. The Morgan fingerprint density at radius 3 is 2.88 bits per heavy atom. The van der Waals surface area contributed by atoms with Gasteiger partial charge in [0.1, 0.15) is 5.76 Å². The Labute approximate surface area is 94.8 Å². The summed E-state index contributed by atoms with van der Waals surface area (Å²) in [6.45, 7) is 5.21. The van der Waals surface area contributed by atoms with E-state index >= 15 is 0 Å². The van der Waals surface area contributed by atoms with Crippen molar-refractivity contribution in [2.45, 2.75) is 38.2 Å². The number of rotatable bonds is 2. The van der Waals surface area contributed by atoms with Gasteiger partial charge in [0.25, 0.3) is 0 Å². The van der Waals surface area contributed by atoms with E-state index in [4.69, 9.17) is 4.74 Å². The lowest BCUT2D eigenvalue weighted by Crippen LogP contribution is -2.56. The lowest BCUT2D eigenvalue weighted by Gasteiger charge is -2.58. The van der Waals surface area contributed by atoms with Gasteiger partial charge in [-0.3, -0.25) is 0 Å². The van der Waals surface area contributed by atoms with Gasteiger partial charge in [0.05, 0.1) is 5.60 Å². The van der Waals surface area contributed by atoms with Crippen molar-refractivity contribution in [2.24, 2.45) is 11.8 Å². The quantitative estimate of drug-likeness (QED) is 0.571. The minimum absolute atomic E-state index is 0.363. The summed E-state index contributed by atoms with van der Waals surface area (Å²) in [4.78, 5) is 11.5. The van der Waals surface area contributed by atoms with E-state index in [0.29, 0.717) is 17.4 Å². The van der Waals surface area contributed by atoms with E-state index < -0.39 is 5.60 Å². The number of hydrogen-bond acceptors (Lipinski definition) is 3. The minimum atomic E-state index is -0.642. The molecule has 0 amide bonds. The number of carbonyl (C=O) groups excluding carboxylic acids is 1. The van der Waals surface area contributed by atoms with E-state index in [2.05, 4.69) is 6.58 Å². The van der Waals surface area contributed by atoms with E-state index in [9.17, 15) is 9.90 Å². The molecule has 0 aliphatic heterocycles. The topological polar surface area (TPSA) is 46.5 Å². The molecule has 0 aromatic carbocycles. The molecule has 0 aromatic heterocycles. The van der Waals surface area contributed by atoms with Crippen LogP contribution in [0.25, 0.3) is 0 Å². The Morgan fingerprint density at radius 1 is 1.56 bits per heavy atom. The summed E-state index contributed by atoms with van der Waals surface area (Å²) >= 11 is 0. The Bertz CT molecular complexity index is 421. The van der Waals surface area contributed by atoms with E-state index in [1.807, 2.05) is 0 Å². The van der Waals surface area contributed by atoms with Crippen molar-refractivity contribution in [1.82, 2.24) is 0 Å². The van der Waals surface area contributed by atoms with Gasteiger partial charge in [-0.2, -0.15) is 0 Å². The largest absolute Gasteiger partial charge is 0.428 e. The Balaban J connectivity index is 1.89. The highest BCUT2D eigenvalue weighted by molar-refractivity contribution is 5.87. The molecule has 0 saturated heterocycles. The van der Waals surface area contributed by atoms with Crippen molar-refractivity contribution in [3.8, 4) is 0 Å². The molecule has 3 fully saturated rings. The summed E-state index contributed by atoms with van der Waals surface area (Å²) in [6.07, 6.45) is 3.68. The average Bonchev–Trinajstić information content (AvgIpc) is 2.14. The standard InChI is InChI=1S/C13H16O3/c1-7(2)12(14)16-10-4-8-3-9-6-13(15,5-8)11(9)10/h8-9,15H,1,3-6H2,2H3. The molecule has 0 spiro atoms. The van der Waals surface area contributed by atoms with Crippen molar-refractivity contribution in [1.29, 1.82) is 0 Å². The highest BCUT2D eigenvalue weighted by atomic mass is 16.5. The number of fused-ring (bicyclic) bond motifs is 1. The number of aliphatic hydroxyl groups is 1. The minimum Gasteiger partial charge on any atom is -0.428 e. The van der Waals surface area contributed by atoms with Crippen LogP contribution in [-0.4, -0.2) is 16.7 Å². The fraction of sp³-hybridized carbons (Fsp3) is 0.615. The van der Waals surface area contributed by atoms with Crippen LogP contribution >= 0.6 is 0 Å². The molecular formula is C13H16O3. The van der Waals surface area contributed by atoms with Crippen molar-refractivity contribution in [3.63, 3.8) is 0 Å². The molecule has 86 valence electrons. The first-order valence-corrected chi connectivity index (χ1v) is 5.83. The maximum Gasteiger partial charge on any atom is 0.338 e. The normalized spacial score (nSPS) is 39.4. The number of esters is 1. The maximum absolute atomic E-state index is 11.5. The fourth-order valence-electron chi connectivity index (χ4n) is 3.54. The smallest absolute Gasteiger partial charge is 0.338 e. The van der Waals surface area contributed by atoms with Gasteiger partial charge in [-0.1, -0.05) is 6.58 Å². The van der Waals surface area contributed by atoms with Crippen LogP contribution in [0.5, 0.6) is 0 Å². The molecular weight excluding hydrogens is 204 g/mol. The third-order valence-corrected chi connectivity index (χ3v) is 4.08. The Hall–Kier alpha value is -1.09. The maximum atomic E-state index is 11.5. The molecule has 0 radical (unpaired) electrons. The van der Waals surface area contributed by atoms with Crippen molar-refractivity contribution < 1.29 is 14.6 Å². The number of carbonyl (C=O) groups is 1.